The van der Waals surface area contributed by atoms with Crippen LogP contribution in [0.25, 0.3) is 0 Å². The molecule has 2 N–H and O–H groups in total. The minimum absolute atomic E-state index is 0. The molecule has 5 nitrogen and oxygen atoms in total. The summed E-state index contributed by atoms with van der Waals surface area (Å²) in [6.07, 6.45) is -3.69. The van der Waals surface area contributed by atoms with Crippen LogP contribution in [0.15, 0.2) is 34.6 Å². The first-order chi connectivity index (χ1) is 12.4. The Morgan fingerprint density at radius 1 is 1.26 bits per heavy atom. The van der Waals surface area contributed by atoms with E-state index in [0.717, 1.165) is 34.5 Å². The van der Waals surface area contributed by atoms with Gasteiger partial charge in [0.15, 0.2) is 11.7 Å². The third-order valence-electron chi connectivity index (χ3n) is 3.44. The summed E-state index contributed by atoms with van der Waals surface area (Å²) in [5.74, 6) is 1.35. The van der Waals surface area contributed by atoms with Crippen molar-refractivity contribution in [3.8, 4) is 5.75 Å². The number of hydrogen-bond acceptors (Lipinski definition) is 4. The molecule has 0 saturated heterocycles. The van der Waals surface area contributed by atoms with Crippen LogP contribution in [-0.4, -0.2) is 31.1 Å². The molecule has 1 aromatic heterocycles. The number of ether oxygens (including phenoxy) is 1. The lowest BCUT2D eigenvalue weighted by Crippen LogP contribution is -2.38. The van der Waals surface area contributed by atoms with Crippen molar-refractivity contribution in [3.05, 3.63) is 45.9 Å². The first-order valence-corrected chi connectivity index (χ1v) is 8.97. The van der Waals surface area contributed by atoms with Gasteiger partial charge in [-0.1, -0.05) is 18.2 Å². The van der Waals surface area contributed by atoms with Crippen molar-refractivity contribution < 1.29 is 17.9 Å². The Balaban J connectivity index is 0.00000364. The summed E-state index contributed by atoms with van der Waals surface area (Å²) in [6, 6.07) is 7.73. The number of nitrogens with zero attached hydrogens (tertiary/aromatic N) is 2. The Kier molecular flexibility index (Phi) is 9.84. The molecule has 0 aliphatic heterocycles. The van der Waals surface area contributed by atoms with E-state index in [0.29, 0.717) is 24.1 Å². The number of nitrogens with one attached hydrogen (secondary N) is 2. The fourth-order valence-corrected chi connectivity index (χ4v) is 2.95. The van der Waals surface area contributed by atoms with E-state index in [9.17, 15) is 13.2 Å². The molecule has 1 aromatic carbocycles. The van der Waals surface area contributed by atoms with E-state index in [4.69, 9.17) is 4.74 Å². The molecule has 0 fully saturated rings. The molecule has 2 rings (SSSR count). The van der Waals surface area contributed by atoms with Gasteiger partial charge in [-0.05, 0) is 25.0 Å². The molecule has 10 heteroatoms. The Labute approximate surface area is 177 Å². The van der Waals surface area contributed by atoms with E-state index in [2.05, 4.69) is 20.6 Å². The topological polar surface area (TPSA) is 58.5 Å². The average Bonchev–Trinajstić information content (AvgIpc) is 3.09. The lowest BCUT2D eigenvalue weighted by atomic mass is 10.1. The zero-order chi connectivity index (χ0) is 19.0. The minimum Gasteiger partial charge on any atom is -0.496 e. The zero-order valence-electron chi connectivity index (χ0n) is 15.0. The second-order valence-electron chi connectivity index (χ2n) is 5.31. The van der Waals surface area contributed by atoms with E-state index in [1.54, 1.807) is 7.11 Å². The highest BCUT2D eigenvalue weighted by Crippen LogP contribution is 2.30. The molecule has 0 bridgehead atoms. The molecular formula is C17H22F3IN4OS. The second-order valence-corrected chi connectivity index (χ2v) is 6.25. The van der Waals surface area contributed by atoms with Crippen molar-refractivity contribution >= 4 is 41.3 Å². The van der Waals surface area contributed by atoms with Gasteiger partial charge in [-0.3, -0.25) is 0 Å². The van der Waals surface area contributed by atoms with Crippen LogP contribution in [0.1, 0.15) is 23.2 Å². The van der Waals surface area contributed by atoms with Crippen LogP contribution >= 0.6 is 35.3 Å². The van der Waals surface area contributed by atoms with E-state index in [1.165, 1.54) is 0 Å². The van der Waals surface area contributed by atoms with Gasteiger partial charge in [-0.15, -0.1) is 35.3 Å². The highest BCUT2D eigenvalue weighted by atomic mass is 127. The Hall–Kier alpha value is -1.56. The van der Waals surface area contributed by atoms with Crippen molar-refractivity contribution in [1.29, 1.82) is 0 Å². The molecule has 0 aliphatic rings. The summed E-state index contributed by atoms with van der Waals surface area (Å²) in [7, 11) is 1.63. The maximum Gasteiger partial charge on any atom is 0.434 e. The van der Waals surface area contributed by atoms with Crippen molar-refractivity contribution in [1.82, 2.24) is 15.6 Å². The molecule has 0 spiro atoms. The molecule has 0 saturated carbocycles. The average molecular weight is 514 g/mol. The number of alkyl halides is 3. The van der Waals surface area contributed by atoms with Gasteiger partial charge in [0.05, 0.1) is 13.7 Å². The molecule has 0 unspecified atom stereocenters. The smallest absolute Gasteiger partial charge is 0.434 e. The summed E-state index contributed by atoms with van der Waals surface area (Å²) in [5, 5.41) is 7.56. The number of halogens is 4. The molecule has 0 aliphatic carbocycles. The highest BCUT2D eigenvalue weighted by molar-refractivity contribution is 14.0. The number of rotatable bonds is 7. The monoisotopic (exact) mass is 514 g/mol. The largest absolute Gasteiger partial charge is 0.496 e. The molecule has 150 valence electrons. The van der Waals surface area contributed by atoms with Crippen molar-refractivity contribution in [2.24, 2.45) is 4.99 Å². The Bertz CT molecular complexity index is 737. The highest BCUT2D eigenvalue weighted by Gasteiger charge is 2.33. The van der Waals surface area contributed by atoms with Gasteiger partial charge < -0.3 is 15.4 Å². The summed E-state index contributed by atoms with van der Waals surface area (Å²) in [5.41, 5.74) is 0.190. The maximum atomic E-state index is 12.6. The summed E-state index contributed by atoms with van der Waals surface area (Å²) >= 11 is 0.952. The van der Waals surface area contributed by atoms with E-state index < -0.39 is 11.9 Å². The summed E-state index contributed by atoms with van der Waals surface area (Å²) in [6.45, 7) is 3.26. The van der Waals surface area contributed by atoms with Gasteiger partial charge in [-0.2, -0.15) is 13.2 Å². The van der Waals surface area contributed by atoms with Crippen molar-refractivity contribution in [2.45, 2.75) is 26.1 Å². The molecule has 1 heterocycles. The maximum absolute atomic E-state index is 12.6. The second kappa shape index (κ2) is 11.3. The van der Waals surface area contributed by atoms with Crippen LogP contribution in [0.5, 0.6) is 5.75 Å². The van der Waals surface area contributed by atoms with E-state index in [1.807, 2.05) is 31.2 Å². The van der Waals surface area contributed by atoms with Gasteiger partial charge in [0.2, 0.25) is 0 Å². The lowest BCUT2D eigenvalue weighted by Gasteiger charge is -2.12. The number of para-hydroxylation sites is 1. The molecule has 27 heavy (non-hydrogen) atoms. The summed E-state index contributed by atoms with van der Waals surface area (Å²) < 4.78 is 43.1. The number of hydrogen-bond donors (Lipinski definition) is 2. The minimum atomic E-state index is -4.42. The number of benzene rings is 1. The number of methoxy groups -OCH3 is 1. The van der Waals surface area contributed by atoms with Crippen LogP contribution in [-0.2, 0) is 19.1 Å². The Morgan fingerprint density at radius 2 is 2.00 bits per heavy atom. The number of aliphatic imine (C=N–C) groups is 1. The molecular weight excluding hydrogens is 492 g/mol. The first-order valence-electron chi connectivity index (χ1n) is 8.09. The fourth-order valence-electron chi connectivity index (χ4n) is 2.23. The predicted octanol–water partition coefficient (Wildman–Crippen LogP) is 4.09. The third-order valence-corrected chi connectivity index (χ3v) is 4.27. The number of guanidine groups is 1. The number of aromatic nitrogens is 1. The predicted molar refractivity (Wildman–Crippen MR) is 112 cm³/mol. The van der Waals surface area contributed by atoms with Gasteiger partial charge in [0.1, 0.15) is 10.8 Å². The quantitative estimate of drug-likeness (QED) is 0.332. The van der Waals surface area contributed by atoms with Crippen molar-refractivity contribution in [3.63, 3.8) is 0 Å². The van der Waals surface area contributed by atoms with Gasteiger partial charge in [0, 0.05) is 18.5 Å². The number of thiazole rings is 1. The SMILES string of the molecule is CCNC(=NCc1nc(C(F)(F)F)cs1)NCCc1ccccc1OC.I. The van der Waals surface area contributed by atoms with Gasteiger partial charge >= 0.3 is 6.18 Å². The standard InChI is InChI=1S/C17H21F3N4OS.HI/c1-3-21-16(22-9-8-12-6-4-5-7-13(12)25-2)23-10-15-24-14(11-26-15)17(18,19)20;/h4-7,11H,3,8-10H2,1-2H3,(H2,21,22,23);1H. The lowest BCUT2D eigenvalue weighted by molar-refractivity contribution is -0.140. The van der Waals surface area contributed by atoms with Crippen LogP contribution < -0.4 is 15.4 Å². The van der Waals surface area contributed by atoms with Crippen LogP contribution in [0.3, 0.4) is 0 Å². The van der Waals surface area contributed by atoms with Gasteiger partial charge in [0.25, 0.3) is 0 Å². The van der Waals surface area contributed by atoms with E-state index >= 15 is 0 Å². The fraction of sp³-hybridized carbons (Fsp3) is 0.412. The first kappa shape index (κ1) is 23.5. The Morgan fingerprint density at radius 3 is 2.63 bits per heavy atom. The van der Waals surface area contributed by atoms with Crippen LogP contribution in [0.4, 0.5) is 13.2 Å². The normalized spacial score (nSPS) is 11.7. The van der Waals surface area contributed by atoms with Gasteiger partial charge in [-0.25, -0.2) is 9.98 Å². The molecule has 2 aromatic rings. The molecule has 0 amide bonds. The van der Waals surface area contributed by atoms with Crippen LogP contribution in [0, 0.1) is 0 Å². The zero-order valence-corrected chi connectivity index (χ0v) is 18.1. The third kappa shape index (κ3) is 7.53. The summed E-state index contributed by atoms with van der Waals surface area (Å²) in [4.78, 5) is 7.88. The van der Waals surface area contributed by atoms with Crippen LogP contribution in [0.2, 0.25) is 0 Å². The van der Waals surface area contributed by atoms with E-state index in [-0.39, 0.29) is 30.5 Å². The molecule has 0 atom stereocenters. The molecule has 0 radical (unpaired) electrons. The van der Waals surface area contributed by atoms with Crippen molar-refractivity contribution in [2.75, 3.05) is 20.2 Å².